The molecule has 1 fully saturated rings. The number of halogens is 2. The first kappa shape index (κ1) is 24.4. The highest BCUT2D eigenvalue weighted by molar-refractivity contribution is 5.87. The minimum Gasteiger partial charge on any atom is -0.493 e. The van der Waals surface area contributed by atoms with E-state index >= 15 is 0 Å². The summed E-state index contributed by atoms with van der Waals surface area (Å²) in [5.41, 5.74) is 9.31. The third kappa shape index (κ3) is 4.29. The molecule has 2 aliphatic rings. The van der Waals surface area contributed by atoms with E-state index in [1.165, 1.54) is 16.7 Å². The fraction of sp³-hybridized carbons (Fsp3) is 0.409. The van der Waals surface area contributed by atoms with Crippen LogP contribution in [0, 0.1) is 0 Å². The van der Waals surface area contributed by atoms with Crippen molar-refractivity contribution in [1.82, 2.24) is 10.2 Å². The van der Waals surface area contributed by atoms with Gasteiger partial charge in [0.15, 0.2) is 17.3 Å². The molecule has 1 saturated heterocycles. The molecule has 4 rings (SSSR count). The summed E-state index contributed by atoms with van der Waals surface area (Å²) in [5, 5.41) is 3.40. The Balaban J connectivity index is 0.00000160. The molecule has 6 nitrogen and oxygen atoms in total. The fourth-order valence-corrected chi connectivity index (χ4v) is 4.63. The minimum absolute atomic E-state index is 0. The summed E-state index contributed by atoms with van der Waals surface area (Å²) >= 11 is 0. The van der Waals surface area contributed by atoms with Gasteiger partial charge in [0, 0.05) is 19.1 Å². The molecule has 2 aromatic rings. The number of benzene rings is 2. The molecular formula is C22H29Cl2N3O3. The second-order valence-corrected chi connectivity index (χ2v) is 7.33. The molecule has 8 heteroatoms. The Morgan fingerprint density at radius 1 is 1.13 bits per heavy atom. The van der Waals surface area contributed by atoms with Crippen molar-refractivity contribution < 1.29 is 14.3 Å². The zero-order chi connectivity index (χ0) is 19.7. The number of nitrogens with two attached hydrogens (primary N) is 1. The molecule has 2 heterocycles. The first-order valence-electron chi connectivity index (χ1n) is 9.69. The average Bonchev–Trinajstić information content (AvgIpc) is 2.76. The van der Waals surface area contributed by atoms with Gasteiger partial charge in [-0.3, -0.25) is 9.69 Å². The minimum atomic E-state index is -0.258. The summed E-state index contributed by atoms with van der Waals surface area (Å²) in [6, 6.07) is 14.4. The number of rotatable bonds is 5. The van der Waals surface area contributed by atoms with Crippen molar-refractivity contribution in [3.63, 3.8) is 0 Å². The van der Waals surface area contributed by atoms with Gasteiger partial charge in [-0.1, -0.05) is 30.3 Å². The Morgan fingerprint density at radius 3 is 2.43 bits per heavy atom. The van der Waals surface area contributed by atoms with Crippen LogP contribution in [0.4, 0.5) is 0 Å². The van der Waals surface area contributed by atoms with Crippen LogP contribution in [-0.4, -0.2) is 56.6 Å². The number of hydrogen-bond donors (Lipinski definition) is 2. The Kier molecular flexibility index (Phi) is 8.52. The maximum Gasteiger partial charge on any atom is 0.164 e. The molecule has 0 spiro atoms. The predicted octanol–water partition coefficient (Wildman–Crippen LogP) is 2.36. The summed E-state index contributed by atoms with van der Waals surface area (Å²) in [6.45, 7) is 1.68. The van der Waals surface area contributed by atoms with Crippen molar-refractivity contribution in [2.24, 2.45) is 5.73 Å². The second-order valence-electron chi connectivity index (χ2n) is 7.33. The number of hydrogen-bond acceptors (Lipinski definition) is 6. The third-order valence-corrected chi connectivity index (χ3v) is 5.91. The zero-order valence-electron chi connectivity index (χ0n) is 17.2. The maximum absolute atomic E-state index is 12.5. The lowest BCUT2D eigenvalue weighted by Gasteiger charge is -2.49. The molecule has 3 N–H and O–H groups in total. The van der Waals surface area contributed by atoms with Gasteiger partial charge in [0.05, 0.1) is 32.8 Å². The van der Waals surface area contributed by atoms with Crippen molar-refractivity contribution in [2.75, 3.05) is 33.9 Å². The molecule has 30 heavy (non-hydrogen) atoms. The molecule has 0 aliphatic carbocycles. The van der Waals surface area contributed by atoms with E-state index in [0.717, 1.165) is 25.3 Å². The molecule has 0 bridgehead atoms. The van der Waals surface area contributed by atoms with Gasteiger partial charge in [-0.05, 0) is 35.2 Å². The van der Waals surface area contributed by atoms with Gasteiger partial charge in [0.25, 0.3) is 0 Å². The van der Waals surface area contributed by atoms with E-state index in [0.29, 0.717) is 5.75 Å². The van der Waals surface area contributed by atoms with Gasteiger partial charge in [0.2, 0.25) is 0 Å². The Bertz CT molecular complexity index is 866. The molecule has 0 saturated carbocycles. The van der Waals surface area contributed by atoms with Crippen molar-refractivity contribution in [2.45, 2.75) is 24.5 Å². The van der Waals surface area contributed by atoms with Crippen LogP contribution in [0.15, 0.2) is 42.5 Å². The van der Waals surface area contributed by atoms with Crippen LogP contribution in [-0.2, 0) is 11.2 Å². The first-order chi connectivity index (χ1) is 13.7. The highest BCUT2D eigenvalue weighted by Gasteiger charge is 2.43. The number of carbonyl (C=O) groups excluding carboxylic acids is 1. The molecule has 0 amide bonds. The number of nitrogens with zero attached hydrogens (tertiary/aromatic N) is 1. The molecule has 0 aromatic heterocycles. The molecule has 2 aromatic carbocycles. The second kappa shape index (κ2) is 10.5. The van der Waals surface area contributed by atoms with Crippen LogP contribution >= 0.6 is 24.8 Å². The van der Waals surface area contributed by atoms with Crippen molar-refractivity contribution in [3.05, 3.63) is 59.2 Å². The Hall–Kier alpha value is -1.83. The highest BCUT2D eigenvalue weighted by Crippen LogP contribution is 2.43. The molecule has 3 unspecified atom stereocenters. The van der Waals surface area contributed by atoms with Crippen LogP contribution < -0.4 is 20.5 Å². The molecular weight excluding hydrogens is 425 g/mol. The average molecular weight is 454 g/mol. The van der Waals surface area contributed by atoms with Gasteiger partial charge in [-0.2, -0.15) is 0 Å². The number of ether oxygens (including phenoxy) is 2. The molecule has 0 radical (unpaired) electrons. The van der Waals surface area contributed by atoms with Crippen LogP contribution in [0.5, 0.6) is 11.5 Å². The van der Waals surface area contributed by atoms with E-state index in [2.05, 4.69) is 46.6 Å². The quantitative estimate of drug-likeness (QED) is 0.723. The Labute approximate surface area is 189 Å². The summed E-state index contributed by atoms with van der Waals surface area (Å²) in [4.78, 5) is 15.0. The van der Waals surface area contributed by atoms with Gasteiger partial charge in [-0.25, -0.2) is 0 Å². The lowest BCUT2D eigenvalue weighted by Crippen LogP contribution is -2.64. The SMILES string of the molecule is COc1cc2c(cc1OC)C(c1ccccc1)N1CCNC(C(=O)CN)C1C2.Cl.Cl. The van der Waals surface area contributed by atoms with Gasteiger partial charge < -0.3 is 20.5 Å². The van der Waals surface area contributed by atoms with E-state index in [4.69, 9.17) is 15.2 Å². The number of fused-ring (bicyclic) bond motifs is 2. The van der Waals surface area contributed by atoms with Crippen molar-refractivity contribution in [3.8, 4) is 11.5 Å². The van der Waals surface area contributed by atoms with Crippen LogP contribution in [0.2, 0.25) is 0 Å². The molecule has 2 aliphatic heterocycles. The van der Waals surface area contributed by atoms with Crippen LogP contribution in [0.1, 0.15) is 22.7 Å². The van der Waals surface area contributed by atoms with E-state index < -0.39 is 0 Å². The number of piperazine rings is 1. The van der Waals surface area contributed by atoms with Crippen molar-refractivity contribution in [1.29, 1.82) is 0 Å². The van der Waals surface area contributed by atoms with E-state index in [1.807, 2.05) is 6.07 Å². The van der Waals surface area contributed by atoms with Crippen LogP contribution in [0.25, 0.3) is 0 Å². The largest absolute Gasteiger partial charge is 0.493 e. The fourth-order valence-electron chi connectivity index (χ4n) is 4.63. The molecule has 164 valence electrons. The highest BCUT2D eigenvalue weighted by atomic mass is 35.5. The van der Waals surface area contributed by atoms with E-state index in [1.54, 1.807) is 14.2 Å². The standard InChI is InChI=1S/C22H27N3O3.2ClH/c1-27-19-11-15-10-17-21(18(26)13-23)24-8-9-25(17)22(14-6-4-3-5-7-14)16(15)12-20(19)28-2;;/h3-7,11-12,17,21-22,24H,8-10,13,23H2,1-2H3;2*1H. The maximum atomic E-state index is 12.5. The van der Waals surface area contributed by atoms with Crippen molar-refractivity contribution >= 4 is 30.6 Å². The zero-order valence-corrected chi connectivity index (χ0v) is 18.8. The summed E-state index contributed by atoms with van der Waals surface area (Å²) < 4.78 is 11.1. The normalized spacial score (nSPS) is 22.6. The number of ketones is 1. The van der Waals surface area contributed by atoms with E-state index in [9.17, 15) is 4.79 Å². The van der Waals surface area contributed by atoms with Gasteiger partial charge in [-0.15, -0.1) is 24.8 Å². The van der Waals surface area contributed by atoms with E-state index in [-0.39, 0.29) is 55.3 Å². The van der Waals surface area contributed by atoms with Crippen LogP contribution in [0.3, 0.4) is 0 Å². The third-order valence-electron chi connectivity index (χ3n) is 5.91. The summed E-state index contributed by atoms with van der Waals surface area (Å²) in [5.74, 6) is 1.50. The number of Topliss-reactive ketones (excluding diaryl/α,β-unsaturated/α-hetero) is 1. The topological polar surface area (TPSA) is 76.8 Å². The smallest absolute Gasteiger partial charge is 0.164 e. The first-order valence-corrected chi connectivity index (χ1v) is 9.69. The number of nitrogens with one attached hydrogen (secondary N) is 1. The lowest BCUT2D eigenvalue weighted by atomic mass is 9.80. The lowest BCUT2D eigenvalue weighted by molar-refractivity contribution is -0.123. The summed E-state index contributed by atoms with van der Waals surface area (Å²) in [6.07, 6.45) is 0.766. The monoisotopic (exact) mass is 453 g/mol. The molecule has 3 atom stereocenters. The number of methoxy groups -OCH3 is 2. The van der Waals surface area contributed by atoms with Gasteiger partial charge >= 0.3 is 0 Å². The number of carbonyl (C=O) groups is 1. The summed E-state index contributed by atoms with van der Waals surface area (Å²) in [7, 11) is 3.31. The predicted molar refractivity (Wildman–Crippen MR) is 122 cm³/mol. The Morgan fingerprint density at radius 2 is 1.80 bits per heavy atom. The van der Waals surface area contributed by atoms with Gasteiger partial charge in [0.1, 0.15) is 0 Å².